The number of nitrogens with one attached hydrogen (secondary N) is 1. The molecule has 0 radical (unpaired) electrons. The average Bonchev–Trinajstić information content (AvgIpc) is 2.48. The number of rotatable bonds is 4. The van der Waals surface area contributed by atoms with Crippen LogP contribution in [0.2, 0.25) is 0 Å². The Morgan fingerprint density at radius 2 is 2.05 bits per heavy atom. The van der Waals surface area contributed by atoms with E-state index in [9.17, 15) is 4.79 Å². The normalized spacial score (nSPS) is 17.7. The molecule has 0 saturated heterocycles. The molecule has 0 spiro atoms. The fourth-order valence-electron chi connectivity index (χ4n) is 2.81. The number of thioether (sulfide) groups is 1. The minimum atomic E-state index is 0.00657. The number of benzene rings is 1. The molecule has 0 unspecified atom stereocenters. The van der Waals surface area contributed by atoms with E-state index in [1.807, 2.05) is 24.8 Å². The van der Waals surface area contributed by atoms with Crippen LogP contribution < -0.4 is 11.1 Å². The highest BCUT2D eigenvalue weighted by Crippen LogP contribution is 2.37. The molecule has 4 heteroatoms. The van der Waals surface area contributed by atoms with Gasteiger partial charge in [-0.25, -0.2) is 0 Å². The molecule has 1 aromatic rings. The summed E-state index contributed by atoms with van der Waals surface area (Å²) in [6, 6.07) is 5.46. The Labute approximate surface area is 125 Å². The smallest absolute Gasteiger partial charge is 0.251 e. The van der Waals surface area contributed by atoms with E-state index in [0.29, 0.717) is 5.56 Å². The highest BCUT2D eigenvalue weighted by molar-refractivity contribution is 8.00. The van der Waals surface area contributed by atoms with Crippen molar-refractivity contribution in [1.29, 1.82) is 0 Å². The van der Waals surface area contributed by atoms with Crippen LogP contribution in [0.4, 0.5) is 5.69 Å². The van der Waals surface area contributed by atoms with Gasteiger partial charge >= 0.3 is 0 Å². The fraction of sp³-hybridized carbons (Fsp3) is 0.562. The summed E-state index contributed by atoms with van der Waals surface area (Å²) in [6.45, 7) is 2.69. The third-order valence-corrected chi connectivity index (χ3v) is 5.72. The zero-order chi connectivity index (χ0) is 14.6. The van der Waals surface area contributed by atoms with Crippen LogP contribution >= 0.6 is 11.8 Å². The zero-order valence-corrected chi connectivity index (χ0v) is 13.2. The van der Waals surface area contributed by atoms with Gasteiger partial charge < -0.3 is 11.1 Å². The van der Waals surface area contributed by atoms with Gasteiger partial charge in [-0.2, -0.15) is 11.8 Å². The molecule has 2 rings (SSSR count). The summed E-state index contributed by atoms with van der Waals surface area (Å²) in [5.74, 6) is 0.00657. The Morgan fingerprint density at radius 1 is 1.35 bits per heavy atom. The predicted octanol–water partition coefficient (Wildman–Crippen LogP) is 3.37. The van der Waals surface area contributed by atoms with E-state index in [4.69, 9.17) is 5.73 Å². The predicted molar refractivity (Wildman–Crippen MR) is 87.3 cm³/mol. The van der Waals surface area contributed by atoms with Gasteiger partial charge in [-0.1, -0.05) is 19.3 Å². The minimum absolute atomic E-state index is 0.00657. The number of hydrogen-bond acceptors (Lipinski definition) is 3. The molecule has 1 fully saturated rings. The topological polar surface area (TPSA) is 55.1 Å². The molecule has 3 N–H and O–H groups in total. The lowest BCUT2D eigenvalue weighted by Gasteiger charge is -2.35. The van der Waals surface area contributed by atoms with Crippen LogP contribution in [-0.4, -0.2) is 23.5 Å². The Morgan fingerprint density at radius 3 is 2.65 bits per heavy atom. The highest BCUT2D eigenvalue weighted by Gasteiger charge is 2.31. The molecule has 110 valence electrons. The van der Waals surface area contributed by atoms with E-state index >= 15 is 0 Å². The summed E-state index contributed by atoms with van der Waals surface area (Å²) in [7, 11) is 0. The number of carbonyl (C=O) groups excluding carboxylic acids is 1. The number of aryl methyl sites for hydroxylation is 1. The van der Waals surface area contributed by atoms with Gasteiger partial charge in [0.05, 0.1) is 0 Å². The summed E-state index contributed by atoms with van der Waals surface area (Å²) >= 11 is 1.90. The molecular weight excluding hydrogens is 268 g/mol. The van der Waals surface area contributed by atoms with Crippen LogP contribution in [0.1, 0.15) is 48.0 Å². The maximum Gasteiger partial charge on any atom is 0.251 e. The molecule has 1 aliphatic rings. The molecule has 0 aromatic heterocycles. The number of nitrogens with two attached hydrogens (primary N) is 1. The van der Waals surface area contributed by atoms with Crippen molar-refractivity contribution in [1.82, 2.24) is 5.32 Å². The largest absolute Gasteiger partial charge is 0.399 e. The van der Waals surface area contributed by atoms with Crippen molar-refractivity contribution in [2.45, 2.75) is 43.8 Å². The number of amides is 1. The quantitative estimate of drug-likeness (QED) is 0.837. The van der Waals surface area contributed by atoms with Crippen molar-refractivity contribution in [2.75, 3.05) is 18.5 Å². The molecule has 20 heavy (non-hydrogen) atoms. The van der Waals surface area contributed by atoms with Crippen molar-refractivity contribution >= 4 is 23.4 Å². The molecule has 1 amide bonds. The SMILES string of the molecule is CSC1(CNC(=O)c2ccc(N)c(C)c2)CCCCC1. The molecule has 1 aromatic carbocycles. The van der Waals surface area contributed by atoms with E-state index in [1.165, 1.54) is 32.1 Å². The van der Waals surface area contributed by atoms with Gasteiger partial charge in [0.2, 0.25) is 0 Å². The van der Waals surface area contributed by atoms with Crippen LogP contribution in [-0.2, 0) is 0 Å². The molecule has 0 bridgehead atoms. The molecule has 0 heterocycles. The van der Waals surface area contributed by atoms with Crippen molar-refractivity contribution in [3.63, 3.8) is 0 Å². The van der Waals surface area contributed by atoms with Gasteiger partial charge in [-0.05, 0) is 49.8 Å². The molecular formula is C16H24N2OS. The van der Waals surface area contributed by atoms with Crippen LogP contribution in [0.25, 0.3) is 0 Å². The first-order valence-corrected chi connectivity index (χ1v) is 8.48. The van der Waals surface area contributed by atoms with E-state index in [0.717, 1.165) is 17.8 Å². The molecule has 3 nitrogen and oxygen atoms in total. The van der Waals surface area contributed by atoms with E-state index < -0.39 is 0 Å². The third kappa shape index (κ3) is 3.48. The Balaban J connectivity index is 1.98. The first-order chi connectivity index (χ1) is 9.56. The number of hydrogen-bond donors (Lipinski definition) is 2. The average molecular weight is 292 g/mol. The lowest BCUT2D eigenvalue weighted by Crippen LogP contribution is -2.41. The van der Waals surface area contributed by atoms with Gasteiger partial charge in [0.15, 0.2) is 0 Å². The first-order valence-electron chi connectivity index (χ1n) is 7.26. The molecule has 0 atom stereocenters. The monoisotopic (exact) mass is 292 g/mol. The Kier molecular flexibility index (Phi) is 4.97. The Bertz CT molecular complexity index is 481. The van der Waals surface area contributed by atoms with Gasteiger partial charge in [0.25, 0.3) is 5.91 Å². The molecule has 1 saturated carbocycles. The number of nitrogen functional groups attached to an aromatic ring is 1. The molecule has 0 aliphatic heterocycles. The summed E-state index contributed by atoms with van der Waals surface area (Å²) in [5.41, 5.74) is 8.17. The lowest BCUT2D eigenvalue weighted by atomic mass is 9.88. The summed E-state index contributed by atoms with van der Waals surface area (Å²) in [6.07, 6.45) is 8.44. The first kappa shape index (κ1) is 15.2. The minimum Gasteiger partial charge on any atom is -0.399 e. The second-order valence-electron chi connectivity index (χ2n) is 5.70. The second-order valence-corrected chi connectivity index (χ2v) is 6.98. The van der Waals surface area contributed by atoms with Crippen molar-refractivity contribution in [3.8, 4) is 0 Å². The van der Waals surface area contributed by atoms with Gasteiger partial charge in [-0.3, -0.25) is 4.79 Å². The highest BCUT2D eigenvalue weighted by atomic mass is 32.2. The Hall–Kier alpha value is -1.16. The second kappa shape index (κ2) is 6.53. The van der Waals surface area contributed by atoms with Gasteiger partial charge in [0, 0.05) is 22.5 Å². The maximum absolute atomic E-state index is 12.2. The third-order valence-electron chi connectivity index (χ3n) is 4.30. The summed E-state index contributed by atoms with van der Waals surface area (Å²) < 4.78 is 0.233. The van der Waals surface area contributed by atoms with Crippen molar-refractivity contribution in [2.24, 2.45) is 0 Å². The maximum atomic E-state index is 12.2. The van der Waals surface area contributed by atoms with E-state index in [-0.39, 0.29) is 10.7 Å². The number of anilines is 1. The van der Waals surface area contributed by atoms with Crippen LogP contribution in [0.15, 0.2) is 18.2 Å². The van der Waals surface area contributed by atoms with Crippen LogP contribution in [0.5, 0.6) is 0 Å². The van der Waals surface area contributed by atoms with Gasteiger partial charge in [-0.15, -0.1) is 0 Å². The lowest BCUT2D eigenvalue weighted by molar-refractivity contribution is 0.0947. The van der Waals surface area contributed by atoms with E-state index in [1.54, 1.807) is 12.1 Å². The summed E-state index contributed by atoms with van der Waals surface area (Å²) in [5, 5.41) is 3.11. The number of carbonyl (C=O) groups is 1. The zero-order valence-electron chi connectivity index (χ0n) is 12.4. The summed E-state index contributed by atoms with van der Waals surface area (Å²) in [4.78, 5) is 12.2. The standard InChI is InChI=1S/C16H24N2OS/c1-12-10-13(6-7-14(12)17)15(19)18-11-16(20-2)8-4-3-5-9-16/h6-7,10H,3-5,8-9,11,17H2,1-2H3,(H,18,19). The van der Waals surface area contributed by atoms with Crippen molar-refractivity contribution in [3.05, 3.63) is 29.3 Å². The van der Waals surface area contributed by atoms with Crippen LogP contribution in [0, 0.1) is 6.92 Å². The van der Waals surface area contributed by atoms with E-state index in [2.05, 4.69) is 11.6 Å². The van der Waals surface area contributed by atoms with Crippen LogP contribution in [0.3, 0.4) is 0 Å². The van der Waals surface area contributed by atoms with Gasteiger partial charge in [0.1, 0.15) is 0 Å². The molecule has 1 aliphatic carbocycles. The van der Waals surface area contributed by atoms with Crippen molar-refractivity contribution < 1.29 is 4.79 Å². The fourth-order valence-corrected chi connectivity index (χ4v) is 3.72.